The fourth-order valence-electron chi connectivity index (χ4n) is 1.65. The lowest BCUT2D eigenvalue weighted by molar-refractivity contribution is -0.135. The molecule has 17 heavy (non-hydrogen) atoms. The van der Waals surface area contributed by atoms with Gasteiger partial charge in [-0.2, -0.15) is 0 Å². The number of nitrogens with zero attached hydrogens (tertiary/aromatic N) is 1. The van der Waals surface area contributed by atoms with Crippen LogP contribution in [0.2, 0.25) is 0 Å². The summed E-state index contributed by atoms with van der Waals surface area (Å²) in [5.41, 5.74) is 0. The third-order valence-corrected chi connectivity index (χ3v) is 2.74. The van der Waals surface area contributed by atoms with Crippen LogP contribution < -0.4 is 10.6 Å². The molecule has 0 fully saturated rings. The van der Waals surface area contributed by atoms with Crippen molar-refractivity contribution < 1.29 is 9.59 Å². The van der Waals surface area contributed by atoms with E-state index in [-0.39, 0.29) is 23.7 Å². The average Bonchev–Trinajstić information content (AvgIpc) is 2.33. The highest BCUT2D eigenvalue weighted by Crippen LogP contribution is 2.04. The van der Waals surface area contributed by atoms with Crippen LogP contribution in [0.4, 0.5) is 0 Å². The summed E-state index contributed by atoms with van der Waals surface area (Å²) >= 11 is 0. The smallest absolute Gasteiger partial charge is 0.226 e. The van der Waals surface area contributed by atoms with Gasteiger partial charge >= 0.3 is 0 Å². The SMILES string of the molecule is CCNCC(C)C(=O)N(C)CC(C)C(=O)NC. The number of hydrogen-bond donors (Lipinski definition) is 2. The van der Waals surface area contributed by atoms with Crippen molar-refractivity contribution in [1.82, 2.24) is 15.5 Å². The summed E-state index contributed by atoms with van der Waals surface area (Å²) in [7, 11) is 3.35. The summed E-state index contributed by atoms with van der Waals surface area (Å²) in [6.45, 7) is 7.71. The van der Waals surface area contributed by atoms with Crippen LogP contribution in [0.15, 0.2) is 0 Å². The zero-order chi connectivity index (χ0) is 13.4. The third-order valence-electron chi connectivity index (χ3n) is 2.74. The van der Waals surface area contributed by atoms with Crippen LogP contribution in [0, 0.1) is 11.8 Å². The Balaban J connectivity index is 4.16. The Labute approximate surface area is 104 Å². The summed E-state index contributed by atoms with van der Waals surface area (Å²) in [5, 5.41) is 5.73. The van der Waals surface area contributed by atoms with Crippen molar-refractivity contribution in [2.24, 2.45) is 11.8 Å². The van der Waals surface area contributed by atoms with Crippen LogP contribution in [0.1, 0.15) is 20.8 Å². The van der Waals surface area contributed by atoms with E-state index in [2.05, 4.69) is 10.6 Å². The molecule has 100 valence electrons. The fraction of sp³-hybridized carbons (Fsp3) is 0.833. The Morgan fingerprint density at radius 2 is 1.82 bits per heavy atom. The molecule has 0 aliphatic rings. The van der Waals surface area contributed by atoms with Crippen molar-refractivity contribution in [3.05, 3.63) is 0 Å². The van der Waals surface area contributed by atoms with Gasteiger partial charge in [-0.25, -0.2) is 0 Å². The van der Waals surface area contributed by atoms with Gasteiger partial charge in [0.15, 0.2) is 0 Å². The van der Waals surface area contributed by atoms with Crippen LogP contribution in [-0.4, -0.2) is 50.4 Å². The Kier molecular flexibility index (Phi) is 7.54. The van der Waals surface area contributed by atoms with E-state index in [1.165, 1.54) is 0 Å². The van der Waals surface area contributed by atoms with Crippen LogP contribution in [0.5, 0.6) is 0 Å². The molecular weight excluding hydrogens is 218 g/mol. The molecule has 0 bridgehead atoms. The second-order valence-electron chi connectivity index (χ2n) is 4.44. The molecule has 0 aliphatic heterocycles. The first-order valence-electron chi connectivity index (χ1n) is 6.11. The van der Waals surface area contributed by atoms with Gasteiger partial charge in [-0.05, 0) is 6.54 Å². The predicted molar refractivity (Wildman–Crippen MR) is 68.6 cm³/mol. The minimum Gasteiger partial charge on any atom is -0.359 e. The van der Waals surface area contributed by atoms with Crippen molar-refractivity contribution in [1.29, 1.82) is 0 Å². The van der Waals surface area contributed by atoms with E-state index in [0.717, 1.165) is 6.54 Å². The molecule has 5 nitrogen and oxygen atoms in total. The maximum absolute atomic E-state index is 11.9. The van der Waals surface area contributed by atoms with Crippen molar-refractivity contribution in [2.45, 2.75) is 20.8 Å². The van der Waals surface area contributed by atoms with E-state index in [1.54, 1.807) is 19.0 Å². The number of amides is 2. The van der Waals surface area contributed by atoms with Crippen molar-refractivity contribution >= 4 is 11.8 Å². The highest BCUT2D eigenvalue weighted by Gasteiger charge is 2.20. The molecular formula is C12H25N3O2. The number of rotatable bonds is 7. The molecule has 0 rings (SSSR count). The maximum atomic E-state index is 11.9. The van der Waals surface area contributed by atoms with Crippen LogP contribution >= 0.6 is 0 Å². The first-order chi connectivity index (χ1) is 7.93. The Morgan fingerprint density at radius 1 is 1.24 bits per heavy atom. The van der Waals surface area contributed by atoms with E-state index >= 15 is 0 Å². The van der Waals surface area contributed by atoms with E-state index in [0.29, 0.717) is 13.1 Å². The number of carbonyl (C=O) groups excluding carboxylic acids is 2. The summed E-state index contributed by atoms with van der Waals surface area (Å²) < 4.78 is 0. The third kappa shape index (κ3) is 5.68. The molecule has 2 unspecified atom stereocenters. The standard InChI is InChI=1S/C12H25N3O2/c1-6-14-7-9(2)12(17)15(5)8-10(3)11(16)13-4/h9-10,14H,6-8H2,1-5H3,(H,13,16). The topological polar surface area (TPSA) is 61.4 Å². The number of carbonyl (C=O) groups is 2. The largest absolute Gasteiger partial charge is 0.359 e. The molecule has 0 radical (unpaired) electrons. The lowest BCUT2D eigenvalue weighted by Gasteiger charge is -2.24. The van der Waals surface area contributed by atoms with Gasteiger partial charge in [-0.15, -0.1) is 0 Å². The molecule has 0 saturated heterocycles. The highest BCUT2D eigenvalue weighted by molar-refractivity contribution is 5.81. The van der Waals surface area contributed by atoms with Gasteiger partial charge in [-0.1, -0.05) is 20.8 Å². The van der Waals surface area contributed by atoms with Crippen molar-refractivity contribution in [3.8, 4) is 0 Å². The van der Waals surface area contributed by atoms with Gasteiger partial charge in [0.1, 0.15) is 0 Å². The molecule has 2 atom stereocenters. The molecule has 0 aliphatic carbocycles. The molecule has 2 N–H and O–H groups in total. The quantitative estimate of drug-likeness (QED) is 0.665. The van der Waals surface area contributed by atoms with Gasteiger partial charge in [0.05, 0.1) is 5.92 Å². The molecule has 0 saturated carbocycles. The van der Waals surface area contributed by atoms with Gasteiger partial charge < -0.3 is 15.5 Å². The van der Waals surface area contributed by atoms with Crippen LogP contribution in [0.3, 0.4) is 0 Å². The minimum atomic E-state index is -0.180. The van der Waals surface area contributed by atoms with E-state index in [1.807, 2.05) is 20.8 Å². The molecule has 5 heteroatoms. The minimum absolute atomic E-state index is 0.0380. The Hall–Kier alpha value is -1.10. The number of hydrogen-bond acceptors (Lipinski definition) is 3. The maximum Gasteiger partial charge on any atom is 0.226 e. The predicted octanol–water partition coefficient (Wildman–Crippen LogP) is 0.0725. The van der Waals surface area contributed by atoms with Crippen molar-refractivity contribution in [2.75, 3.05) is 33.7 Å². The van der Waals surface area contributed by atoms with E-state index in [4.69, 9.17) is 0 Å². The second kappa shape index (κ2) is 8.06. The molecule has 2 amide bonds. The molecule has 0 aromatic carbocycles. The molecule has 0 aromatic rings. The summed E-state index contributed by atoms with van der Waals surface area (Å²) in [6, 6.07) is 0. The average molecular weight is 243 g/mol. The van der Waals surface area contributed by atoms with Crippen LogP contribution in [0.25, 0.3) is 0 Å². The Bertz CT molecular complexity index is 256. The zero-order valence-corrected chi connectivity index (χ0v) is 11.5. The molecule has 0 heterocycles. The van der Waals surface area contributed by atoms with E-state index in [9.17, 15) is 9.59 Å². The molecule has 0 spiro atoms. The van der Waals surface area contributed by atoms with E-state index < -0.39 is 0 Å². The lowest BCUT2D eigenvalue weighted by atomic mass is 10.1. The van der Waals surface area contributed by atoms with Crippen molar-refractivity contribution in [3.63, 3.8) is 0 Å². The first-order valence-corrected chi connectivity index (χ1v) is 6.11. The van der Waals surface area contributed by atoms with Gasteiger partial charge in [0.25, 0.3) is 0 Å². The molecule has 0 aromatic heterocycles. The summed E-state index contributed by atoms with van der Waals surface area (Å²) in [5.74, 6) is -0.206. The van der Waals surface area contributed by atoms with Gasteiger partial charge in [0, 0.05) is 33.1 Å². The summed E-state index contributed by atoms with van der Waals surface area (Å²) in [6.07, 6.45) is 0. The lowest BCUT2D eigenvalue weighted by Crippen LogP contribution is -2.41. The fourth-order valence-corrected chi connectivity index (χ4v) is 1.65. The highest BCUT2D eigenvalue weighted by atomic mass is 16.2. The number of nitrogens with one attached hydrogen (secondary N) is 2. The van der Waals surface area contributed by atoms with Crippen LogP contribution in [-0.2, 0) is 9.59 Å². The zero-order valence-electron chi connectivity index (χ0n) is 11.5. The van der Waals surface area contributed by atoms with Gasteiger partial charge in [-0.3, -0.25) is 9.59 Å². The normalized spacial score (nSPS) is 13.9. The first kappa shape index (κ1) is 15.9. The Morgan fingerprint density at radius 3 is 2.29 bits per heavy atom. The second-order valence-corrected chi connectivity index (χ2v) is 4.44. The monoisotopic (exact) mass is 243 g/mol. The van der Waals surface area contributed by atoms with Gasteiger partial charge in [0.2, 0.25) is 11.8 Å². The summed E-state index contributed by atoms with van der Waals surface area (Å²) in [4.78, 5) is 24.9.